The zero-order valence-electron chi connectivity index (χ0n) is 25.7. The summed E-state index contributed by atoms with van der Waals surface area (Å²) in [6, 6.07) is 6.96. The van der Waals surface area contributed by atoms with Gasteiger partial charge in [-0.3, -0.25) is 19.4 Å². The predicted octanol–water partition coefficient (Wildman–Crippen LogP) is 4.64. The van der Waals surface area contributed by atoms with Crippen molar-refractivity contribution in [2.24, 2.45) is 5.92 Å². The zero-order valence-corrected chi connectivity index (χ0v) is 25.7. The molecule has 2 unspecified atom stereocenters. The standard InChI is InChI=1S/C32H46F2N4O4/c1-7-11-38(12-8-2)32(42)25-14-22(5)13-24(18-25)31(41)36-28(17-23-15-26(33)19-27(34)16-23)29(39)20-35-37(6)30(40)10-9-21(3)4/h13-16,18-19,21,28-29,35,39H,7-12,17,20H2,1-6H3,(H,36,41). The fourth-order valence-electron chi connectivity index (χ4n) is 4.63. The van der Waals surface area contributed by atoms with Crippen LogP contribution in [0.15, 0.2) is 36.4 Å². The van der Waals surface area contributed by atoms with Crippen LogP contribution >= 0.6 is 0 Å². The van der Waals surface area contributed by atoms with Gasteiger partial charge in [0.05, 0.1) is 12.1 Å². The number of nitrogens with one attached hydrogen (secondary N) is 2. The van der Waals surface area contributed by atoms with Crippen LogP contribution in [0.3, 0.4) is 0 Å². The SMILES string of the molecule is CCCN(CCC)C(=O)c1cc(C)cc(C(=O)NC(Cc2cc(F)cc(F)c2)C(O)CNN(C)C(=O)CCC(C)C)c1. The Balaban J connectivity index is 2.27. The van der Waals surface area contributed by atoms with E-state index in [-0.39, 0.29) is 35.9 Å². The third-order valence-electron chi connectivity index (χ3n) is 6.87. The predicted molar refractivity (Wildman–Crippen MR) is 160 cm³/mol. The molecule has 2 aromatic rings. The molecule has 0 spiro atoms. The van der Waals surface area contributed by atoms with E-state index < -0.39 is 29.7 Å². The maximum atomic E-state index is 13.9. The number of carbonyl (C=O) groups excluding carboxylic acids is 3. The fraction of sp³-hybridized carbons (Fsp3) is 0.531. The Labute approximate surface area is 248 Å². The summed E-state index contributed by atoms with van der Waals surface area (Å²) in [4.78, 5) is 40.8. The van der Waals surface area contributed by atoms with Gasteiger partial charge < -0.3 is 15.3 Å². The van der Waals surface area contributed by atoms with Gasteiger partial charge in [0.2, 0.25) is 5.91 Å². The molecule has 0 heterocycles. The number of hydrazine groups is 1. The quantitative estimate of drug-likeness (QED) is 0.248. The zero-order chi connectivity index (χ0) is 31.4. The number of aliphatic hydroxyl groups excluding tert-OH is 1. The van der Waals surface area contributed by atoms with E-state index in [0.717, 1.165) is 31.0 Å². The van der Waals surface area contributed by atoms with Crippen molar-refractivity contribution in [2.45, 2.75) is 78.9 Å². The lowest BCUT2D eigenvalue weighted by Gasteiger charge is -2.27. The van der Waals surface area contributed by atoms with Gasteiger partial charge in [0.15, 0.2) is 0 Å². The van der Waals surface area contributed by atoms with E-state index in [9.17, 15) is 28.3 Å². The number of rotatable bonds is 16. The van der Waals surface area contributed by atoms with Crippen molar-refractivity contribution < 1.29 is 28.3 Å². The highest BCUT2D eigenvalue weighted by atomic mass is 19.1. The van der Waals surface area contributed by atoms with Gasteiger partial charge in [0.25, 0.3) is 11.8 Å². The Morgan fingerprint density at radius 3 is 2.10 bits per heavy atom. The number of aliphatic hydroxyl groups is 1. The molecule has 0 aromatic heterocycles. The van der Waals surface area contributed by atoms with Crippen molar-refractivity contribution in [3.05, 3.63) is 70.3 Å². The highest BCUT2D eigenvalue weighted by Crippen LogP contribution is 2.16. The number of aryl methyl sites for hydroxylation is 1. The summed E-state index contributed by atoms with van der Waals surface area (Å²) < 4.78 is 27.9. The van der Waals surface area contributed by atoms with E-state index in [1.807, 2.05) is 27.7 Å². The largest absolute Gasteiger partial charge is 0.390 e. The topological polar surface area (TPSA) is 102 Å². The Morgan fingerprint density at radius 1 is 0.929 bits per heavy atom. The number of amides is 3. The first-order valence-corrected chi connectivity index (χ1v) is 14.7. The van der Waals surface area contributed by atoms with E-state index in [1.165, 1.54) is 11.1 Å². The van der Waals surface area contributed by atoms with Gasteiger partial charge in [-0.05, 0) is 80.0 Å². The lowest BCUT2D eigenvalue weighted by Crippen LogP contribution is -2.52. The number of benzene rings is 2. The molecule has 10 heteroatoms. The second kappa shape index (κ2) is 16.9. The molecule has 232 valence electrons. The Hall–Kier alpha value is -3.37. The summed E-state index contributed by atoms with van der Waals surface area (Å²) in [5.74, 6) is -2.06. The third-order valence-corrected chi connectivity index (χ3v) is 6.87. The molecule has 0 fully saturated rings. The number of carbonyl (C=O) groups is 3. The first-order valence-electron chi connectivity index (χ1n) is 14.7. The maximum absolute atomic E-state index is 13.9. The van der Waals surface area contributed by atoms with Crippen LogP contribution in [0.4, 0.5) is 8.78 Å². The van der Waals surface area contributed by atoms with Gasteiger partial charge in [-0.15, -0.1) is 0 Å². The molecule has 0 aliphatic heterocycles. The highest BCUT2D eigenvalue weighted by Gasteiger charge is 2.25. The van der Waals surface area contributed by atoms with Crippen LogP contribution < -0.4 is 10.7 Å². The number of nitrogens with zero attached hydrogens (tertiary/aromatic N) is 2. The molecule has 2 aromatic carbocycles. The van der Waals surface area contributed by atoms with Crippen molar-refractivity contribution in [1.29, 1.82) is 0 Å². The molecule has 0 radical (unpaired) electrons. The van der Waals surface area contributed by atoms with Crippen molar-refractivity contribution in [3.63, 3.8) is 0 Å². The van der Waals surface area contributed by atoms with E-state index in [2.05, 4.69) is 10.7 Å². The van der Waals surface area contributed by atoms with Crippen molar-refractivity contribution >= 4 is 17.7 Å². The van der Waals surface area contributed by atoms with Crippen molar-refractivity contribution in [2.75, 3.05) is 26.7 Å². The molecule has 0 saturated heterocycles. The third kappa shape index (κ3) is 11.1. The average Bonchev–Trinajstić information content (AvgIpc) is 2.92. The van der Waals surface area contributed by atoms with Crippen LogP contribution in [0.25, 0.3) is 0 Å². The number of halogens is 2. The summed E-state index contributed by atoms with van der Waals surface area (Å²) in [7, 11) is 1.55. The van der Waals surface area contributed by atoms with Crippen LogP contribution in [0, 0.1) is 24.5 Å². The van der Waals surface area contributed by atoms with Crippen LogP contribution in [0.1, 0.15) is 85.2 Å². The normalized spacial score (nSPS) is 12.6. The van der Waals surface area contributed by atoms with Crippen LogP contribution in [-0.2, 0) is 11.2 Å². The van der Waals surface area contributed by atoms with E-state index in [4.69, 9.17) is 0 Å². The molecule has 3 N–H and O–H groups in total. The average molecular weight is 589 g/mol. The summed E-state index contributed by atoms with van der Waals surface area (Å²) >= 11 is 0. The highest BCUT2D eigenvalue weighted by molar-refractivity contribution is 6.00. The number of hydrogen-bond donors (Lipinski definition) is 3. The monoisotopic (exact) mass is 588 g/mol. The molecule has 3 amide bonds. The first-order chi connectivity index (χ1) is 19.8. The van der Waals surface area contributed by atoms with Crippen LogP contribution in [0.5, 0.6) is 0 Å². The molecule has 0 bridgehead atoms. The number of hydrogen-bond acceptors (Lipinski definition) is 5. The van der Waals surface area contributed by atoms with Gasteiger partial charge in [0, 0.05) is 50.3 Å². The van der Waals surface area contributed by atoms with Gasteiger partial charge in [-0.2, -0.15) is 0 Å². The smallest absolute Gasteiger partial charge is 0.253 e. The van der Waals surface area contributed by atoms with Gasteiger partial charge in [-0.1, -0.05) is 27.7 Å². The van der Waals surface area contributed by atoms with E-state index >= 15 is 0 Å². The molecule has 2 rings (SSSR count). The second-order valence-corrected chi connectivity index (χ2v) is 11.3. The van der Waals surface area contributed by atoms with Gasteiger partial charge in [-0.25, -0.2) is 14.2 Å². The molecule has 0 aliphatic carbocycles. The molecule has 0 aliphatic rings. The molecule has 2 atom stereocenters. The van der Waals surface area contributed by atoms with Crippen LogP contribution in [0.2, 0.25) is 0 Å². The first kappa shape index (κ1) is 34.8. The lowest BCUT2D eigenvalue weighted by molar-refractivity contribution is -0.133. The summed E-state index contributed by atoms with van der Waals surface area (Å²) in [5.41, 5.74) is 4.43. The Bertz CT molecular complexity index is 1180. The van der Waals surface area contributed by atoms with E-state index in [1.54, 1.807) is 31.0 Å². The summed E-state index contributed by atoms with van der Waals surface area (Å²) in [6.07, 6.45) is 1.35. The molecular weight excluding hydrogens is 542 g/mol. The molecule has 0 saturated carbocycles. The minimum absolute atomic E-state index is 0.0767. The second-order valence-electron chi connectivity index (χ2n) is 11.3. The summed E-state index contributed by atoms with van der Waals surface area (Å²) in [5, 5.41) is 15.2. The van der Waals surface area contributed by atoms with E-state index in [0.29, 0.717) is 43.0 Å². The summed E-state index contributed by atoms with van der Waals surface area (Å²) in [6.45, 7) is 10.9. The molecule has 8 nitrogen and oxygen atoms in total. The lowest BCUT2D eigenvalue weighted by atomic mass is 9.99. The van der Waals surface area contributed by atoms with Gasteiger partial charge in [0.1, 0.15) is 11.6 Å². The van der Waals surface area contributed by atoms with Gasteiger partial charge >= 0.3 is 0 Å². The Morgan fingerprint density at radius 2 is 1.52 bits per heavy atom. The minimum atomic E-state index is -1.23. The molecule has 42 heavy (non-hydrogen) atoms. The maximum Gasteiger partial charge on any atom is 0.253 e. The Kier molecular flexibility index (Phi) is 14.0. The van der Waals surface area contributed by atoms with Crippen molar-refractivity contribution in [1.82, 2.24) is 20.7 Å². The van der Waals surface area contributed by atoms with Crippen molar-refractivity contribution in [3.8, 4) is 0 Å². The fourth-order valence-corrected chi connectivity index (χ4v) is 4.63. The van der Waals surface area contributed by atoms with Crippen LogP contribution in [-0.4, -0.2) is 71.6 Å². The molecular formula is C32H46F2N4O4. The minimum Gasteiger partial charge on any atom is -0.390 e.